The first-order valence-corrected chi connectivity index (χ1v) is 18.9. The summed E-state index contributed by atoms with van der Waals surface area (Å²) < 4.78 is 6.29. The Kier molecular flexibility index (Phi) is 14.5. The number of carboxylic acid groups (broad SMARTS) is 2. The highest BCUT2D eigenvalue weighted by Crippen LogP contribution is 2.30. The number of aliphatic hydroxyl groups excluding tert-OH is 2. The number of aromatic nitrogens is 3. The number of carbonyl (C=O) groups excluding carboxylic acids is 4. The van der Waals surface area contributed by atoms with Gasteiger partial charge in [0, 0.05) is 49.0 Å². The van der Waals surface area contributed by atoms with Gasteiger partial charge in [0.25, 0.3) is 5.56 Å². The molecular weight excluding hydrogens is 818 g/mol. The summed E-state index contributed by atoms with van der Waals surface area (Å²) in [4.78, 5) is 108. The molecular formula is C39H45N9O14. The van der Waals surface area contributed by atoms with Gasteiger partial charge in [-0.05, 0) is 42.7 Å². The number of aliphatic hydroxyl groups is 2. The predicted octanol–water partition coefficient (Wildman–Crippen LogP) is -2.33. The third kappa shape index (κ3) is 11.0. The van der Waals surface area contributed by atoms with E-state index >= 15 is 0 Å². The first kappa shape index (κ1) is 45.6. The van der Waals surface area contributed by atoms with Crippen molar-refractivity contribution >= 4 is 46.6 Å². The van der Waals surface area contributed by atoms with Gasteiger partial charge < -0.3 is 67.2 Å². The smallest absolute Gasteiger partial charge is 0.331 e. The van der Waals surface area contributed by atoms with Crippen LogP contribution in [0.4, 0.5) is 4.79 Å². The fourth-order valence-electron chi connectivity index (χ4n) is 6.64. The number of ether oxygens (including phenoxy) is 1. The van der Waals surface area contributed by atoms with Gasteiger partial charge in [-0.3, -0.25) is 33.5 Å². The number of fused-ring (bicyclic) bond motifs is 1. The molecule has 13 N–H and O–H groups in total. The van der Waals surface area contributed by atoms with E-state index in [1.54, 1.807) is 36.5 Å². The van der Waals surface area contributed by atoms with Crippen LogP contribution in [0.15, 0.2) is 88.5 Å². The fraction of sp³-hybridized carbons (Fsp3) is 0.333. The number of amides is 5. The van der Waals surface area contributed by atoms with E-state index in [1.807, 2.05) is 4.98 Å². The van der Waals surface area contributed by atoms with Gasteiger partial charge in [0.05, 0.1) is 18.5 Å². The molecule has 62 heavy (non-hydrogen) atoms. The quantitative estimate of drug-likeness (QED) is 0.0530. The molecule has 1 aliphatic rings. The van der Waals surface area contributed by atoms with Crippen LogP contribution in [0.1, 0.15) is 30.7 Å². The number of nitrogens with one attached hydrogen (secondary N) is 6. The first-order chi connectivity index (χ1) is 29.3. The van der Waals surface area contributed by atoms with Gasteiger partial charge in [-0.25, -0.2) is 14.4 Å². The number of phenolic OH excluding ortho intramolecular Hbond substituents is 1. The molecule has 1 saturated heterocycles. The van der Waals surface area contributed by atoms with Gasteiger partial charge >= 0.3 is 23.7 Å². The van der Waals surface area contributed by atoms with Crippen molar-refractivity contribution in [2.75, 3.05) is 7.05 Å². The molecule has 23 heteroatoms. The molecule has 0 radical (unpaired) electrons. The summed E-state index contributed by atoms with van der Waals surface area (Å²) in [5.74, 6) is -6.70. The lowest BCUT2D eigenvalue weighted by molar-refractivity contribution is -0.141. The molecule has 5 rings (SSSR count). The number of carbonyl (C=O) groups is 6. The zero-order valence-electron chi connectivity index (χ0n) is 33.1. The molecule has 0 aliphatic carbocycles. The molecule has 3 heterocycles. The molecule has 1 aliphatic heterocycles. The van der Waals surface area contributed by atoms with E-state index in [1.165, 1.54) is 32.2 Å². The van der Waals surface area contributed by atoms with E-state index in [0.29, 0.717) is 22.0 Å². The number of H-pyrrole nitrogens is 2. The predicted molar refractivity (Wildman–Crippen MR) is 215 cm³/mol. The number of benzene rings is 2. The number of carboxylic acids is 2. The van der Waals surface area contributed by atoms with Crippen molar-refractivity contribution < 1.29 is 59.0 Å². The fourth-order valence-corrected chi connectivity index (χ4v) is 6.64. The Morgan fingerprint density at radius 3 is 2.34 bits per heavy atom. The number of nitrogens with zero attached hydrogens (tertiary/aromatic N) is 2. The summed E-state index contributed by atoms with van der Waals surface area (Å²) in [7, 11) is 1.26. The van der Waals surface area contributed by atoms with Crippen molar-refractivity contribution in [3.8, 4) is 5.75 Å². The van der Waals surface area contributed by atoms with Gasteiger partial charge in [0.1, 0.15) is 41.8 Å². The van der Waals surface area contributed by atoms with Crippen LogP contribution >= 0.6 is 0 Å². The average Bonchev–Trinajstić information content (AvgIpc) is 3.75. The second-order valence-corrected chi connectivity index (χ2v) is 14.4. The molecule has 5 amide bonds. The van der Waals surface area contributed by atoms with E-state index in [4.69, 9.17) is 10.5 Å². The summed E-state index contributed by atoms with van der Waals surface area (Å²) >= 11 is 0. The maximum absolute atomic E-state index is 13.9. The number of aromatic amines is 2. The van der Waals surface area contributed by atoms with E-state index < -0.39 is 108 Å². The van der Waals surface area contributed by atoms with Crippen LogP contribution in [0.25, 0.3) is 10.9 Å². The highest BCUT2D eigenvalue weighted by Gasteiger charge is 2.42. The lowest BCUT2D eigenvalue weighted by Crippen LogP contribution is -2.62. The number of aliphatic carboxylic acids is 2. The molecule has 4 aromatic rings. The third-order valence-corrected chi connectivity index (χ3v) is 10.1. The number of hydrogen-bond donors (Lipinski definition) is 12. The number of nitrogens with two attached hydrogens (primary N) is 1. The molecule has 1 fully saturated rings. The third-order valence-electron chi connectivity index (χ3n) is 10.1. The summed E-state index contributed by atoms with van der Waals surface area (Å²) in [5, 5.41) is 60.4. The Labute approximate surface area is 350 Å². The number of phenols is 1. The highest BCUT2D eigenvalue weighted by molar-refractivity contribution is 5.95. The summed E-state index contributed by atoms with van der Waals surface area (Å²) in [6, 6.07) is 4.86. The van der Waals surface area contributed by atoms with Crippen molar-refractivity contribution in [3.05, 3.63) is 111 Å². The molecule has 23 nitrogen and oxygen atoms in total. The monoisotopic (exact) mass is 863 g/mol. The van der Waals surface area contributed by atoms with E-state index in [0.717, 1.165) is 27.9 Å². The number of aromatic hydroxyl groups is 1. The largest absolute Gasteiger partial charge is 0.508 e. The molecule has 2 aromatic heterocycles. The van der Waals surface area contributed by atoms with Gasteiger partial charge in [-0.15, -0.1) is 0 Å². The average molecular weight is 864 g/mol. The van der Waals surface area contributed by atoms with E-state index in [9.17, 15) is 63.9 Å². The Balaban J connectivity index is 1.37. The molecule has 0 spiro atoms. The van der Waals surface area contributed by atoms with Crippen LogP contribution < -0.4 is 38.2 Å². The zero-order valence-corrected chi connectivity index (χ0v) is 33.1. The summed E-state index contributed by atoms with van der Waals surface area (Å²) in [6.45, 7) is 1.33. The van der Waals surface area contributed by atoms with Crippen LogP contribution in [-0.2, 0) is 41.6 Å². The molecule has 0 bridgehead atoms. The van der Waals surface area contributed by atoms with Crippen molar-refractivity contribution in [3.63, 3.8) is 0 Å². The lowest BCUT2D eigenvalue weighted by Gasteiger charge is -2.33. The van der Waals surface area contributed by atoms with Crippen molar-refractivity contribution in [1.82, 2.24) is 40.7 Å². The Morgan fingerprint density at radius 2 is 1.66 bits per heavy atom. The van der Waals surface area contributed by atoms with Crippen LogP contribution in [0.5, 0.6) is 5.75 Å². The minimum atomic E-state index is -1.93. The van der Waals surface area contributed by atoms with Crippen molar-refractivity contribution in [2.45, 2.75) is 74.8 Å². The Bertz CT molecular complexity index is 2480. The van der Waals surface area contributed by atoms with Gasteiger partial charge in [0.2, 0.25) is 23.9 Å². The minimum absolute atomic E-state index is 0.0614. The SMILES string of the molecule is C[C@@H]([C@H](NC(=O)[C@H](CC(=O)O)NC(=O)N[C@@H](Cc1c[nH]c2ccccc12)C(=O)O)C(=O)N/C=C1\O[C@@H](n2ccc(=O)[nH]c2=O)[C@H](O)[C@@H]1O)N(C)C(=O)[C@@H](N)Cc1cccc(O)c1. The second-order valence-electron chi connectivity index (χ2n) is 14.4. The normalized spacial score (nSPS) is 19.0. The van der Waals surface area contributed by atoms with Crippen molar-refractivity contribution in [2.24, 2.45) is 5.73 Å². The van der Waals surface area contributed by atoms with Crippen LogP contribution in [-0.4, -0.2) is 130 Å². The van der Waals surface area contributed by atoms with Gasteiger partial charge in [-0.1, -0.05) is 30.3 Å². The van der Waals surface area contributed by atoms with Crippen LogP contribution in [0, 0.1) is 0 Å². The Hall–Kier alpha value is -7.50. The molecule has 2 aromatic carbocycles. The number of rotatable bonds is 17. The molecule has 0 saturated carbocycles. The maximum atomic E-state index is 13.9. The second kappa shape index (κ2) is 19.7. The topological polar surface area (TPSA) is 361 Å². The van der Waals surface area contributed by atoms with Gasteiger partial charge in [-0.2, -0.15) is 0 Å². The van der Waals surface area contributed by atoms with E-state index in [2.05, 4.69) is 26.3 Å². The summed E-state index contributed by atoms with van der Waals surface area (Å²) in [5.41, 5.74) is 6.21. The van der Waals surface area contributed by atoms with Gasteiger partial charge in [0.15, 0.2) is 0 Å². The number of hydrogen-bond acceptors (Lipinski definition) is 13. The Morgan fingerprint density at radius 1 is 0.952 bits per heavy atom. The van der Waals surface area contributed by atoms with Crippen molar-refractivity contribution in [1.29, 1.82) is 0 Å². The number of urea groups is 1. The van der Waals surface area contributed by atoms with Crippen LogP contribution in [0.3, 0.4) is 0 Å². The maximum Gasteiger partial charge on any atom is 0.331 e. The lowest BCUT2D eigenvalue weighted by atomic mass is 10.0. The number of para-hydroxylation sites is 1. The molecule has 8 atom stereocenters. The van der Waals surface area contributed by atoms with E-state index in [-0.39, 0.29) is 18.6 Å². The highest BCUT2D eigenvalue weighted by atomic mass is 16.6. The zero-order chi connectivity index (χ0) is 45.4. The molecule has 330 valence electrons. The first-order valence-electron chi connectivity index (χ1n) is 18.9. The minimum Gasteiger partial charge on any atom is -0.508 e. The number of likely N-dealkylation sites (N-methyl/N-ethyl adjacent to an activating group) is 1. The standard InChI is InChI=1S/C39H45N9O14/c1-18(47(2)35(57)23(40)13-19-6-5-7-21(49)12-19)30(34(56)42-17-27-31(53)32(54)36(62-27)48-11-10-28(50)45-39(48)61)46-33(55)25(15-29(51)52)43-38(60)44-26(37(58)59)14-20-16-41-24-9-4-3-8-22(20)24/h3-12,16-18,23,25-26,30-32,36,41,49,53-54H,13-15,40H2,1-2H3,(H,42,56)(H,46,55)(H,51,52)(H,58,59)(H2,43,44,60)(H,45,50,61)/b27-17-/t18-,23-,25-,26-,30-,31+,32+,36+/m0/s1. The van der Waals surface area contributed by atoms with Crippen LogP contribution in [0.2, 0.25) is 0 Å². The molecule has 0 unspecified atom stereocenters. The summed E-state index contributed by atoms with van der Waals surface area (Å²) in [6.07, 6.45) is -3.14.